The molecule has 11 heteroatoms. The summed E-state index contributed by atoms with van der Waals surface area (Å²) in [6, 6.07) is 3.35. The Kier molecular flexibility index (Phi) is 8.94. The summed E-state index contributed by atoms with van der Waals surface area (Å²) in [5, 5.41) is 3.61. The van der Waals surface area contributed by atoms with Crippen molar-refractivity contribution in [2.24, 2.45) is 23.9 Å². The lowest BCUT2D eigenvalue weighted by atomic mass is 9.81. The Labute approximate surface area is 213 Å². The second-order valence-electron chi connectivity index (χ2n) is 10.0. The van der Waals surface area contributed by atoms with Crippen LogP contribution in [0, 0.1) is 17.8 Å². The topological polar surface area (TPSA) is 72.6 Å². The van der Waals surface area contributed by atoms with Crippen LogP contribution in [0.25, 0.3) is 0 Å². The number of nitrogens with zero attached hydrogens (tertiary/aromatic N) is 5. The molecule has 0 radical (unpaired) electrons. The largest absolute Gasteiger partial charge is 0.468 e. The molecule has 1 amide bonds. The minimum Gasteiger partial charge on any atom is -0.468 e. The molecule has 1 saturated carbocycles. The van der Waals surface area contributed by atoms with Crippen molar-refractivity contribution in [1.82, 2.24) is 19.7 Å². The fraction of sp³-hybridized carbons (Fsp3) is 0.615. The summed E-state index contributed by atoms with van der Waals surface area (Å²) in [5.74, 6) is -0.0706. The molecule has 202 valence electrons. The maximum absolute atomic E-state index is 13.6. The van der Waals surface area contributed by atoms with E-state index in [0.717, 1.165) is 69.4 Å². The second kappa shape index (κ2) is 12.1. The number of amides is 1. The minimum absolute atomic E-state index is 0.0239. The normalized spacial score (nSPS) is 21.1. The average Bonchev–Trinajstić information content (AvgIpc) is 3.04. The first kappa shape index (κ1) is 27.2. The van der Waals surface area contributed by atoms with Crippen molar-refractivity contribution < 1.29 is 27.1 Å². The number of aliphatic imine (C=N–C) groups is 1. The molecule has 1 aliphatic carbocycles. The number of fused-ring (bicyclic) bond motifs is 1. The number of hydrogen-bond acceptors (Lipinski definition) is 5. The Morgan fingerprint density at radius 3 is 2.65 bits per heavy atom. The van der Waals surface area contributed by atoms with Gasteiger partial charge < -0.3 is 9.64 Å². The standard InChI is InChI=1S/C26H33F4N5O2/c1-34-16-21(25(27)33-34)14-23(36)31-15-19-4-2-18(3-5-19)8-11-35-12-9-20-6-7-24(32-22(20)10-13-35)37-17-26(28,29)30/h6-7,15-16,18-19H,2-5,8-14,17H2,1H3/b31-15+. The Hall–Kier alpha value is -2.82. The van der Waals surface area contributed by atoms with Crippen LogP contribution in [0.2, 0.25) is 0 Å². The van der Waals surface area contributed by atoms with Gasteiger partial charge in [0.15, 0.2) is 6.61 Å². The van der Waals surface area contributed by atoms with Crippen LogP contribution in [0.5, 0.6) is 5.88 Å². The van der Waals surface area contributed by atoms with Crippen molar-refractivity contribution in [1.29, 1.82) is 0 Å². The van der Waals surface area contributed by atoms with Gasteiger partial charge in [0.1, 0.15) is 0 Å². The van der Waals surface area contributed by atoms with Gasteiger partial charge in [-0.3, -0.25) is 9.48 Å². The van der Waals surface area contributed by atoms with Gasteiger partial charge in [0.25, 0.3) is 0 Å². The summed E-state index contributed by atoms with van der Waals surface area (Å²) in [7, 11) is 1.61. The number of halogens is 4. The SMILES string of the molecule is Cn1cc(CC(=O)/N=C/C2CCC(CCN3CCc4ccc(OCC(F)(F)F)nc4CC3)CC2)c(F)n1. The van der Waals surface area contributed by atoms with E-state index >= 15 is 0 Å². The molecule has 1 aliphatic heterocycles. The quantitative estimate of drug-likeness (QED) is 0.381. The maximum Gasteiger partial charge on any atom is 0.422 e. The fourth-order valence-electron chi connectivity index (χ4n) is 5.09. The van der Waals surface area contributed by atoms with Crippen molar-refractivity contribution in [2.45, 2.75) is 57.5 Å². The Bertz CT molecular complexity index is 1090. The average molecular weight is 524 g/mol. The van der Waals surface area contributed by atoms with Crippen molar-refractivity contribution in [3.8, 4) is 5.88 Å². The number of pyridine rings is 1. The highest BCUT2D eigenvalue weighted by Gasteiger charge is 2.29. The third-order valence-electron chi connectivity index (χ3n) is 7.16. The number of rotatable bonds is 8. The predicted molar refractivity (Wildman–Crippen MR) is 130 cm³/mol. The lowest BCUT2D eigenvalue weighted by Crippen LogP contribution is -2.29. The molecule has 7 nitrogen and oxygen atoms in total. The zero-order chi connectivity index (χ0) is 26.4. The van der Waals surface area contributed by atoms with Crippen molar-refractivity contribution in [2.75, 3.05) is 26.2 Å². The highest BCUT2D eigenvalue weighted by atomic mass is 19.4. The molecule has 4 rings (SSSR count). The lowest BCUT2D eigenvalue weighted by molar-refractivity contribution is -0.154. The van der Waals surface area contributed by atoms with Gasteiger partial charge in [0.05, 0.1) is 6.42 Å². The second-order valence-corrected chi connectivity index (χ2v) is 10.0. The van der Waals surface area contributed by atoms with E-state index in [4.69, 9.17) is 4.74 Å². The molecular formula is C26H33F4N5O2. The number of hydrogen-bond donors (Lipinski definition) is 0. The van der Waals surface area contributed by atoms with Crippen molar-refractivity contribution in [3.63, 3.8) is 0 Å². The number of alkyl halides is 3. The van der Waals surface area contributed by atoms with Gasteiger partial charge in [0.2, 0.25) is 17.7 Å². The number of carbonyl (C=O) groups is 1. The van der Waals surface area contributed by atoms with Crippen LogP contribution in [0.3, 0.4) is 0 Å². The van der Waals surface area contributed by atoms with E-state index in [9.17, 15) is 22.4 Å². The highest BCUT2D eigenvalue weighted by Crippen LogP contribution is 2.30. The first-order valence-corrected chi connectivity index (χ1v) is 12.8. The summed E-state index contributed by atoms with van der Waals surface area (Å²) < 4.78 is 57.0. The third-order valence-corrected chi connectivity index (χ3v) is 7.16. The summed E-state index contributed by atoms with van der Waals surface area (Å²) in [5.41, 5.74) is 2.15. The van der Waals surface area contributed by atoms with Crippen LogP contribution in [-0.4, -0.2) is 64.2 Å². The van der Waals surface area contributed by atoms with Gasteiger partial charge in [-0.25, -0.2) is 9.98 Å². The summed E-state index contributed by atoms with van der Waals surface area (Å²) in [6.07, 6.45) is 5.51. The van der Waals surface area contributed by atoms with Crippen LogP contribution >= 0.6 is 0 Å². The third kappa shape index (κ3) is 8.34. The van der Waals surface area contributed by atoms with Crippen molar-refractivity contribution >= 4 is 12.1 Å². The smallest absolute Gasteiger partial charge is 0.422 e. The minimum atomic E-state index is -4.38. The predicted octanol–water partition coefficient (Wildman–Crippen LogP) is 4.33. The zero-order valence-corrected chi connectivity index (χ0v) is 21.0. The molecule has 2 aromatic heterocycles. The molecular weight excluding hydrogens is 490 g/mol. The van der Waals surface area contributed by atoms with E-state index in [0.29, 0.717) is 12.3 Å². The van der Waals surface area contributed by atoms with Gasteiger partial charge in [-0.1, -0.05) is 6.07 Å². The molecule has 1 fully saturated rings. The summed E-state index contributed by atoms with van der Waals surface area (Å²) in [4.78, 5) is 22.9. The van der Waals surface area contributed by atoms with Crippen LogP contribution in [-0.2, 0) is 31.1 Å². The molecule has 0 atom stereocenters. The molecule has 37 heavy (non-hydrogen) atoms. The van der Waals surface area contributed by atoms with Crippen LogP contribution in [0.15, 0.2) is 23.3 Å². The molecule has 2 aliphatic rings. The first-order valence-electron chi connectivity index (χ1n) is 12.8. The van der Waals surface area contributed by atoms with Crippen LogP contribution in [0.1, 0.15) is 48.9 Å². The van der Waals surface area contributed by atoms with Gasteiger partial charge in [-0.2, -0.15) is 17.6 Å². The van der Waals surface area contributed by atoms with Crippen LogP contribution < -0.4 is 4.74 Å². The van der Waals surface area contributed by atoms with Gasteiger partial charge >= 0.3 is 6.18 Å². The highest BCUT2D eigenvalue weighted by molar-refractivity contribution is 5.87. The molecule has 0 unspecified atom stereocenters. The summed E-state index contributed by atoms with van der Waals surface area (Å²) >= 11 is 0. The number of ether oxygens (including phenoxy) is 1. The van der Waals surface area contributed by atoms with Gasteiger partial charge in [-0.05, 0) is 62.5 Å². The number of carbonyl (C=O) groups excluding carboxylic acids is 1. The molecule has 2 aromatic rings. The van der Waals surface area contributed by atoms with E-state index in [1.165, 1.54) is 16.9 Å². The van der Waals surface area contributed by atoms with E-state index in [-0.39, 0.29) is 29.7 Å². The lowest BCUT2D eigenvalue weighted by Gasteiger charge is -2.28. The maximum atomic E-state index is 13.6. The van der Waals surface area contributed by atoms with Crippen molar-refractivity contribution in [3.05, 3.63) is 41.1 Å². The van der Waals surface area contributed by atoms with Gasteiger partial charge in [-0.15, -0.1) is 5.10 Å². The number of aryl methyl sites for hydroxylation is 1. The summed E-state index contributed by atoms with van der Waals surface area (Å²) in [6.45, 7) is 1.37. The molecule has 3 heterocycles. The molecule has 0 spiro atoms. The Balaban J connectivity index is 1.16. The Morgan fingerprint density at radius 1 is 1.19 bits per heavy atom. The van der Waals surface area contributed by atoms with E-state index in [2.05, 4.69) is 20.0 Å². The van der Waals surface area contributed by atoms with E-state index in [1.54, 1.807) is 13.3 Å². The molecule has 0 N–H and O–H groups in total. The van der Waals surface area contributed by atoms with E-state index < -0.39 is 18.7 Å². The zero-order valence-electron chi connectivity index (χ0n) is 21.0. The molecule has 0 saturated heterocycles. The van der Waals surface area contributed by atoms with Crippen LogP contribution in [0.4, 0.5) is 17.6 Å². The molecule has 0 aromatic carbocycles. The molecule has 0 bridgehead atoms. The van der Waals surface area contributed by atoms with Gasteiger partial charge in [0, 0.05) is 56.3 Å². The van der Waals surface area contributed by atoms with E-state index in [1.807, 2.05) is 6.07 Å². The Morgan fingerprint density at radius 2 is 1.95 bits per heavy atom. The first-order chi connectivity index (χ1) is 17.6. The monoisotopic (exact) mass is 523 g/mol. The fourth-order valence-corrected chi connectivity index (χ4v) is 5.09. The number of aromatic nitrogens is 3.